The second-order valence-electron chi connectivity index (χ2n) is 4.06. The molecule has 1 aromatic carbocycles. The highest BCUT2D eigenvalue weighted by molar-refractivity contribution is 6.34. The van der Waals surface area contributed by atoms with Gasteiger partial charge in [0.15, 0.2) is 0 Å². The minimum atomic E-state index is -1.07. The molecule has 98 valence electrons. The van der Waals surface area contributed by atoms with Crippen LogP contribution in [0.4, 0.5) is 0 Å². The molecule has 5 nitrogen and oxygen atoms in total. The van der Waals surface area contributed by atoms with E-state index in [1.54, 1.807) is 24.3 Å². The van der Waals surface area contributed by atoms with E-state index in [1.807, 2.05) is 0 Å². The number of nitrogens with zero attached hydrogens (tertiary/aromatic N) is 2. The molecule has 2 aromatic rings. The maximum atomic E-state index is 12.2. The van der Waals surface area contributed by atoms with Crippen LogP contribution in [0.25, 0.3) is 10.8 Å². The van der Waals surface area contributed by atoms with Gasteiger partial charge in [0.1, 0.15) is 11.7 Å². The molecule has 0 aliphatic heterocycles. The highest BCUT2D eigenvalue weighted by Crippen LogP contribution is 2.24. The van der Waals surface area contributed by atoms with E-state index in [0.717, 1.165) is 4.90 Å². The van der Waals surface area contributed by atoms with Gasteiger partial charge in [0.25, 0.3) is 5.91 Å². The van der Waals surface area contributed by atoms with Crippen LogP contribution in [0.2, 0.25) is 5.15 Å². The van der Waals surface area contributed by atoms with Crippen LogP contribution >= 0.6 is 11.6 Å². The van der Waals surface area contributed by atoms with Crippen LogP contribution in [0.1, 0.15) is 10.4 Å². The topological polar surface area (TPSA) is 70.5 Å². The van der Waals surface area contributed by atoms with Gasteiger partial charge in [-0.25, -0.2) is 4.98 Å². The number of benzene rings is 1. The summed E-state index contributed by atoms with van der Waals surface area (Å²) in [5.74, 6) is -1.47. The number of carboxylic acid groups (broad SMARTS) is 1. The maximum absolute atomic E-state index is 12.2. The summed E-state index contributed by atoms with van der Waals surface area (Å²) >= 11 is 5.97. The maximum Gasteiger partial charge on any atom is 0.323 e. The molecule has 19 heavy (non-hydrogen) atoms. The lowest BCUT2D eigenvalue weighted by molar-refractivity contribution is -0.137. The van der Waals surface area contributed by atoms with E-state index >= 15 is 0 Å². The number of hydrogen-bond donors (Lipinski definition) is 1. The summed E-state index contributed by atoms with van der Waals surface area (Å²) < 4.78 is 0. The van der Waals surface area contributed by atoms with Crippen molar-refractivity contribution in [1.82, 2.24) is 9.88 Å². The molecular formula is C13H11ClN2O3. The van der Waals surface area contributed by atoms with Crippen LogP contribution in [0.5, 0.6) is 0 Å². The Labute approximate surface area is 114 Å². The minimum Gasteiger partial charge on any atom is -0.480 e. The highest BCUT2D eigenvalue weighted by Gasteiger charge is 2.18. The quantitative estimate of drug-likeness (QED) is 0.872. The molecule has 0 bridgehead atoms. The van der Waals surface area contributed by atoms with E-state index in [4.69, 9.17) is 16.7 Å². The monoisotopic (exact) mass is 278 g/mol. The van der Waals surface area contributed by atoms with Gasteiger partial charge in [-0.1, -0.05) is 35.9 Å². The lowest BCUT2D eigenvalue weighted by Crippen LogP contribution is -2.32. The van der Waals surface area contributed by atoms with Gasteiger partial charge in [0.05, 0.1) is 5.56 Å². The number of pyridine rings is 1. The number of halogens is 1. The Morgan fingerprint density at radius 1 is 1.32 bits per heavy atom. The number of rotatable bonds is 3. The fourth-order valence-electron chi connectivity index (χ4n) is 1.81. The molecule has 0 atom stereocenters. The van der Waals surface area contributed by atoms with E-state index in [9.17, 15) is 9.59 Å². The first-order valence-electron chi connectivity index (χ1n) is 5.51. The van der Waals surface area contributed by atoms with Gasteiger partial charge >= 0.3 is 5.97 Å². The average molecular weight is 279 g/mol. The summed E-state index contributed by atoms with van der Waals surface area (Å²) in [5.41, 5.74) is 0.337. The van der Waals surface area contributed by atoms with E-state index in [-0.39, 0.29) is 6.54 Å². The van der Waals surface area contributed by atoms with E-state index in [1.165, 1.54) is 13.2 Å². The summed E-state index contributed by atoms with van der Waals surface area (Å²) in [7, 11) is 1.43. The molecule has 0 saturated heterocycles. The third kappa shape index (κ3) is 2.66. The second kappa shape index (κ2) is 5.24. The van der Waals surface area contributed by atoms with Gasteiger partial charge in [-0.2, -0.15) is 0 Å². The molecule has 6 heteroatoms. The molecule has 0 saturated carbocycles. The first-order valence-corrected chi connectivity index (χ1v) is 5.89. The van der Waals surface area contributed by atoms with Crippen molar-refractivity contribution in [1.29, 1.82) is 0 Å². The van der Waals surface area contributed by atoms with Gasteiger partial charge in [0, 0.05) is 18.6 Å². The van der Waals surface area contributed by atoms with Crippen molar-refractivity contribution in [3.63, 3.8) is 0 Å². The Bertz CT molecular complexity index is 657. The Balaban J connectivity index is 2.48. The highest BCUT2D eigenvalue weighted by atomic mass is 35.5. The molecule has 1 aromatic heterocycles. The lowest BCUT2D eigenvalue weighted by Gasteiger charge is -2.15. The van der Waals surface area contributed by atoms with Crippen molar-refractivity contribution in [3.05, 3.63) is 41.2 Å². The van der Waals surface area contributed by atoms with Crippen molar-refractivity contribution in [2.45, 2.75) is 0 Å². The number of carboxylic acids is 1. The minimum absolute atomic E-state index is 0.313. The Kier molecular flexibility index (Phi) is 3.66. The molecule has 2 rings (SSSR count). The molecule has 0 aliphatic carbocycles. The van der Waals surface area contributed by atoms with Gasteiger partial charge < -0.3 is 10.0 Å². The molecule has 1 N–H and O–H groups in total. The van der Waals surface area contributed by atoms with E-state index in [2.05, 4.69) is 4.98 Å². The summed E-state index contributed by atoms with van der Waals surface area (Å²) in [6, 6.07) is 7.10. The predicted molar refractivity (Wildman–Crippen MR) is 71.3 cm³/mol. The fourth-order valence-corrected chi connectivity index (χ4v) is 2.02. The van der Waals surface area contributed by atoms with E-state index in [0.29, 0.717) is 21.5 Å². The van der Waals surface area contributed by atoms with Crippen molar-refractivity contribution >= 4 is 34.2 Å². The van der Waals surface area contributed by atoms with Crippen LogP contribution in [-0.4, -0.2) is 40.5 Å². The van der Waals surface area contributed by atoms with Crippen molar-refractivity contribution < 1.29 is 14.7 Å². The number of hydrogen-bond acceptors (Lipinski definition) is 3. The first-order chi connectivity index (χ1) is 9.00. The number of aromatic nitrogens is 1. The zero-order chi connectivity index (χ0) is 14.0. The summed E-state index contributed by atoms with van der Waals surface area (Å²) in [4.78, 5) is 27.9. The predicted octanol–water partition coefficient (Wildman–Crippen LogP) is 2.04. The number of aliphatic carboxylic acids is 1. The molecule has 1 heterocycles. The molecular weight excluding hydrogens is 268 g/mol. The van der Waals surface area contributed by atoms with Crippen molar-refractivity contribution in [2.75, 3.05) is 13.6 Å². The smallest absolute Gasteiger partial charge is 0.323 e. The molecule has 1 amide bonds. The summed E-state index contributed by atoms with van der Waals surface area (Å²) in [6.07, 6.45) is 1.37. The first kappa shape index (κ1) is 13.3. The van der Waals surface area contributed by atoms with Crippen LogP contribution in [0.3, 0.4) is 0 Å². The number of carbonyl (C=O) groups excluding carboxylic acids is 1. The number of carbonyl (C=O) groups is 2. The van der Waals surface area contributed by atoms with Gasteiger partial charge in [-0.15, -0.1) is 0 Å². The molecule has 0 radical (unpaired) electrons. The number of fused-ring (bicyclic) bond motifs is 1. The van der Waals surface area contributed by atoms with Gasteiger partial charge in [-0.3, -0.25) is 9.59 Å². The zero-order valence-electron chi connectivity index (χ0n) is 10.1. The molecule has 0 unspecified atom stereocenters. The zero-order valence-corrected chi connectivity index (χ0v) is 10.9. The largest absolute Gasteiger partial charge is 0.480 e. The lowest BCUT2D eigenvalue weighted by atomic mass is 10.1. The van der Waals surface area contributed by atoms with Crippen LogP contribution in [0.15, 0.2) is 30.5 Å². The second-order valence-corrected chi connectivity index (χ2v) is 4.42. The van der Waals surface area contributed by atoms with Crippen LogP contribution < -0.4 is 0 Å². The van der Waals surface area contributed by atoms with Crippen molar-refractivity contribution in [2.24, 2.45) is 0 Å². The molecule has 0 aliphatic rings. The van der Waals surface area contributed by atoms with Crippen LogP contribution in [-0.2, 0) is 4.79 Å². The Morgan fingerprint density at radius 3 is 2.58 bits per heavy atom. The van der Waals surface area contributed by atoms with E-state index < -0.39 is 11.9 Å². The number of likely N-dealkylation sites (N-methyl/N-ethyl adjacent to an activating group) is 1. The van der Waals surface area contributed by atoms with Gasteiger partial charge in [0.2, 0.25) is 0 Å². The number of amides is 1. The third-order valence-corrected chi connectivity index (χ3v) is 3.00. The standard InChI is InChI=1S/C13H11ClN2O3/c1-16(7-11(17)18)13(19)10-6-15-12(14)9-5-3-2-4-8(9)10/h2-6H,7H2,1H3,(H,17,18). The normalized spacial score (nSPS) is 10.4. The fraction of sp³-hybridized carbons (Fsp3) is 0.154. The third-order valence-electron chi connectivity index (χ3n) is 2.70. The average Bonchev–Trinajstić information content (AvgIpc) is 2.38. The van der Waals surface area contributed by atoms with Crippen LogP contribution in [0, 0.1) is 0 Å². The van der Waals surface area contributed by atoms with Crippen molar-refractivity contribution in [3.8, 4) is 0 Å². The Morgan fingerprint density at radius 2 is 1.95 bits per heavy atom. The summed E-state index contributed by atoms with van der Waals surface area (Å²) in [6.45, 7) is -0.365. The van der Waals surface area contributed by atoms with Gasteiger partial charge in [-0.05, 0) is 5.39 Å². The SMILES string of the molecule is CN(CC(=O)O)C(=O)c1cnc(Cl)c2ccccc12. The molecule has 0 fully saturated rings. The molecule has 0 spiro atoms. The Hall–Kier alpha value is -2.14. The summed E-state index contributed by atoms with van der Waals surface area (Å²) in [5, 5.41) is 10.3.